The van der Waals surface area contributed by atoms with Gasteiger partial charge in [-0.3, -0.25) is 0 Å². The second-order valence-electron chi connectivity index (χ2n) is 4.59. The first-order chi connectivity index (χ1) is 9.63. The van der Waals surface area contributed by atoms with E-state index in [0.29, 0.717) is 6.42 Å². The molecule has 1 aromatic rings. The van der Waals surface area contributed by atoms with Crippen LogP contribution in [0.3, 0.4) is 0 Å². The van der Waals surface area contributed by atoms with E-state index in [-0.39, 0.29) is 6.61 Å². The maximum Gasteiger partial charge on any atom is 0.408 e. The molecule has 0 unspecified atom stereocenters. The van der Waals surface area contributed by atoms with E-state index in [2.05, 4.69) is 5.32 Å². The summed E-state index contributed by atoms with van der Waals surface area (Å²) in [5, 5.41) is 11.4. The molecular formula is C15H21NO4. The van der Waals surface area contributed by atoms with Gasteiger partial charge in [0.25, 0.3) is 0 Å². The number of carbonyl (C=O) groups is 2. The average Bonchev–Trinajstić information content (AvgIpc) is 2.45. The first-order valence-corrected chi connectivity index (χ1v) is 6.83. The third-order valence-corrected chi connectivity index (χ3v) is 2.90. The zero-order valence-electron chi connectivity index (χ0n) is 11.7. The van der Waals surface area contributed by atoms with Gasteiger partial charge in [0.05, 0.1) is 0 Å². The number of ether oxygens (including phenoxy) is 1. The third-order valence-electron chi connectivity index (χ3n) is 2.90. The van der Waals surface area contributed by atoms with E-state index in [4.69, 9.17) is 9.84 Å². The van der Waals surface area contributed by atoms with Gasteiger partial charge in [-0.2, -0.15) is 0 Å². The number of alkyl carbamates (subject to hydrolysis) is 1. The Morgan fingerprint density at radius 1 is 1.25 bits per heavy atom. The minimum Gasteiger partial charge on any atom is -0.480 e. The van der Waals surface area contributed by atoms with E-state index >= 15 is 0 Å². The number of carbonyl (C=O) groups excluding carboxylic acids is 1. The van der Waals surface area contributed by atoms with E-state index in [1.54, 1.807) is 0 Å². The molecule has 0 aliphatic rings. The fourth-order valence-corrected chi connectivity index (χ4v) is 1.76. The fraction of sp³-hybridized carbons (Fsp3) is 0.467. The van der Waals surface area contributed by atoms with Crippen LogP contribution in [0.1, 0.15) is 38.2 Å². The topological polar surface area (TPSA) is 75.6 Å². The molecular weight excluding hydrogens is 258 g/mol. The number of aliphatic carboxylic acids is 1. The highest BCUT2D eigenvalue weighted by molar-refractivity contribution is 5.79. The van der Waals surface area contributed by atoms with Crippen LogP contribution in [-0.2, 0) is 16.1 Å². The maximum atomic E-state index is 11.6. The summed E-state index contributed by atoms with van der Waals surface area (Å²) in [6.45, 7) is 2.17. The summed E-state index contributed by atoms with van der Waals surface area (Å²) in [6, 6.07) is 8.36. The van der Waals surface area contributed by atoms with Gasteiger partial charge in [-0.05, 0) is 12.0 Å². The zero-order chi connectivity index (χ0) is 14.8. The Morgan fingerprint density at radius 2 is 1.95 bits per heavy atom. The van der Waals surface area contributed by atoms with E-state index < -0.39 is 18.1 Å². The van der Waals surface area contributed by atoms with Crippen molar-refractivity contribution in [1.82, 2.24) is 5.32 Å². The number of hydrogen-bond donors (Lipinski definition) is 2. The molecule has 1 amide bonds. The number of carboxylic acids is 1. The molecule has 0 aromatic heterocycles. The molecule has 0 radical (unpaired) electrons. The molecule has 0 heterocycles. The first-order valence-electron chi connectivity index (χ1n) is 6.83. The van der Waals surface area contributed by atoms with Crippen molar-refractivity contribution in [2.75, 3.05) is 0 Å². The Balaban J connectivity index is 2.36. The molecule has 0 fully saturated rings. The lowest BCUT2D eigenvalue weighted by Gasteiger charge is -2.14. The predicted molar refractivity (Wildman–Crippen MR) is 75.3 cm³/mol. The van der Waals surface area contributed by atoms with Crippen LogP contribution < -0.4 is 5.32 Å². The van der Waals surface area contributed by atoms with Crippen molar-refractivity contribution in [3.63, 3.8) is 0 Å². The SMILES string of the molecule is CCCCC[C@H](NC(=O)OCc1ccccc1)C(=O)O. The molecule has 2 N–H and O–H groups in total. The smallest absolute Gasteiger partial charge is 0.408 e. The van der Waals surface area contributed by atoms with Gasteiger partial charge >= 0.3 is 12.1 Å². The van der Waals surface area contributed by atoms with Gasteiger partial charge < -0.3 is 15.2 Å². The largest absolute Gasteiger partial charge is 0.480 e. The number of rotatable bonds is 8. The first kappa shape index (κ1) is 16.0. The van der Waals surface area contributed by atoms with Gasteiger partial charge in [0.1, 0.15) is 12.6 Å². The second-order valence-corrected chi connectivity index (χ2v) is 4.59. The second kappa shape index (κ2) is 8.96. The van der Waals surface area contributed by atoms with Crippen LogP contribution in [-0.4, -0.2) is 23.2 Å². The molecule has 0 aliphatic heterocycles. The third kappa shape index (κ3) is 6.22. The minimum atomic E-state index is -1.03. The maximum absolute atomic E-state index is 11.6. The molecule has 20 heavy (non-hydrogen) atoms. The highest BCUT2D eigenvalue weighted by atomic mass is 16.5. The van der Waals surface area contributed by atoms with Crippen LogP contribution >= 0.6 is 0 Å². The van der Waals surface area contributed by atoms with Crippen molar-refractivity contribution < 1.29 is 19.4 Å². The number of amides is 1. The molecule has 1 atom stereocenters. The molecule has 0 aliphatic carbocycles. The molecule has 0 spiro atoms. The molecule has 5 nitrogen and oxygen atoms in total. The number of hydrogen-bond acceptors (Lipinski definition) is 3. The standard InChI is InChI=1S/C15H21NO4/c1-2-3-5-10-13(14(17)18)16-15(19)20-11-12-8-6-4-7-9-12/h4,6-9,13H,2-3,5,10-11H2,1H3,(H,16,19)(H,17,18)/t13-/m0/s1. The van der Waals surface area contributed by atoms with Crippen LogP contribution in [0, 0.1) is 0 Å². The van der Waals surface area contributed by atoms with E-state index in [9.17, 15) is 9.59 Å². The Hall–Kier alpha value is -2.04. The molecule has 110 valence electrons. The summed E-state index contributed by atoms with van der Waals surface area (Å²) in [6.07, 6.45) is 2.45. The Morgan fingerprint density at radius 3 is 2.55 bits per heavy atom. The summed E-state index contributed by atoms with van der Waals surface area (Å²) in [4.78, 5) is 22.6. The Bertz CT molecular complexity index is 419. The quantitative estimate of drug-likeness (QED) is 0.717. The molecule has 0 bridgehead atoms. The van der Waals surface area contributed by atoms with Gasteiger partial charge in [0.15, 0.2) is 0 Å². The lowest BCUT2D eigenvalue weighted by atomic mass is 10.1. The number of carboxylic acid groups (broad SMARTS) is 1. The predicted octanol–water partition coefficient (Wildman–Crippen LogP) is 2.95. The summed E-state index contributed by atoms with van der Waals surface area (Å²) >= 11 is 0. The number of unbranched alkanes of at least 4 members (excludes halogenated alkanes) is 2. The summed E-state index contributed by atoms with van der Waals surface area (Å²) in [5.74, 6) is -1.03. The van der Waals surface area contributed by atoms with Crippen molar-refractivity contribution in [2.24, 2.45) is 0 Å². The van der Waals surface area contributed by atoms with Gasteiger partial charge in [-0.15, -0.1) is 0 Å². The van der Waals surface area contributed by atoms with Crippen LogP contribution in [0.5, 0.6) is 0 Å². The van der Waals surface area contributed by atoms with Crippen LogP contribution in [0.2, 0.25) is 0 Å². The molecule has 1 aromatic carbocycles. The summed E-state index contributed by atoms with van der Waals surface area (Å²) in [5.41, 5.74) is 0.862. The van der Waals surface area contributed by atoms with E-state index in [1.807, 2.05) is 37.3 Å². The van der Waals surface area contributed by atoms with Crippen molar-refractivity contribution in [3.8, 4) is 0 Å². The van der Waals surface area contributed by atoms with Crippen molar-refractivity contribution in [1.29, 1.82) is 0 Å². The number of benzene rings is 1. The zero-order valence-corrected chi connectivity index (χ0v) is 11.7. The molecule has 0 saturated carbocycles. The van der Waals surface area contributed by atoms with Gasteiger partial charge in [0.2, 0.25) is 0 Å². The number of nitrogens with one attached hydrogen (secondary N) is 1. The highest BCUT2D eigenvalue weighted by Gasteiger charge is 2.19. The summed E-state index contributed by atoms with van der Waals surface area (Å²) in [7, 11) is 0. The van der Waals surface area contributed by atoms with E-state index in [1.165, 1.54) is 0 Å². The van der Waals surface area contributed by atoms with Crippen LogP contribution in [0.4, 0.5) is 4.79 Å². The Kier molecular flexibility index (Phi) is 7.17. The normalized spacial score (nSPS) is 11.7. The molecule has 5 heteroatoms. The van der Waals surface area contributed by atoms with E-state index in [0.717, 1.165) is 24.8 Å². The highest BCUT2D eigenvalue weighted by Crippen LogP contribution is 2.05. The van der Waals surface area contributed by atoms with Gasteiger partial charge in [-0.1, -0.05) is 56.5 Å². The minimum absolute atomic E-state index is 0.133. The van der Waals surface area contributed by atoms with Gasteiger partial charge in [-0.25, -0.2) is 9.59 Å². The monoisotopic (exact) mass is 279 g/mol. The van der Waals surface area contributed by atoms with Gasteiger partial charge in [0, 0.05) is 0 Å². The van der Waals surface area contributed by atoms with Crippen molar-refractivity contribution in [3.05, 3.63) is 35.9 Å². The lowest BCUT2D eigenvalue weighted by Crippen LogP contribution is -2.40. The fourth-order valence-electron chi connectivity index (χ4n) is 1.76. The Labute approximate surface area is 118 Å². The molecule has 1 rings (SSSR count). The lowest BCUT2D eigenvalue weighted by molar-refractivity contribution is -0.139. The van der Waals surface area contributed by atoms with Crippen LogP contribution in [0.25, 0.3) is 0 Å². The average molecular weight is 279 g/mol. The molecule has 0 saturated heterocycles. The summed E-state index contributed by atoms with van der Waals surface area (Å²) < 4.78 is 5.00. The van der Waals surface area contributed by atoms with Crippen LogP contribution in [0.15, 0.2) is 30.3 Å². The van der Waals surface area contributed by atoms with Crippen molar-refractivity contribution in [2.45, 2.75) is 45.3 Å². The van der Waals surface area contributed by atoms with Crippen molar-refractivity contribution >= 4 is 12.1 Å².